The Bertz CT molecular complexity index is 581. The molecule has 0 aromatic carbocycles. The summed E-state index contributed by atoms with van der Waals surface area (Å²) >= 11 is 0. The van der Waals surface area contributed by atoms with Crippen molar-refractivity contribution in [2.24, 2.45) is 11.8 Å². The number of pyridine rings is 1. The first-order chi connectivity index (χ1) is 11.8. The summed E-state index contributed by atoms with van der Waals surface area (Å²) in [5.74, 6) is 2.57. The molecule has 1 N–H and O–H groups in total. The maximum atomic E-state index is 13.2. The molecule has 5 nitrogen and oxygen atoms in total. The average Bonchev–Trinajstić information content (AvgIpc) is 3.00. The Labute approximate surface area is 168 Å². The predicted octanol–water partition coefficient (Wildman–Crippen LogP) is 2.99. The number of piperidine rings is 1. The third-order valence-electron chi connectivity index (χ3n) is 5.98. The highest BCUT2D eigenvalue weighted by Gasteiger charge is 2.32. The van der Waals surface area contributed by atoms with Gasteiger partial charge in [0.1, 0.15) is 5.82 Å². The normalized spacial score (nSPS) is 25.5. The molecule has 3 aliphatic heterocycles. The van der Waals surface area contributed by atoms with E-state index in [9.17, 15) is 4.79 Å². The standard InChI is InChI=1S/C19H28N4O.2ClH/c24-19(23-11-6-15-13-20-14-16(15)7-12-23)17-5-4-8-21-18(17)22-9-2-1-3-10-22;;/h4-5,8,15-16,20H,1-3,6-7,9-14H2;2*1H/t15-,16+;;. The smallest absolute Gasteiger partial charge is 0.257 e. The molecular formula is C19H30Cl2N4O. The molecule has 3 saturated heterocycles. The average molecular weight is 401 g/mol. The first kappa shape index (κ1) is 21.3. The molecule has 1 aromatic heterocycles. The second-order valence-electron chi connectivity index (χ2n) is 7.47. The lowest BCUT2D eigenvalue weighted by atomic mass is 9.92. The fourth-order valence-electron chi connectivity index (χ4n) is 4.51. The van der Waals surface area contributed by atoms with Crippen LogP contribution in [0.4, 0.5) is 5.82 Å². The first-order valence-corrected chi connectivity index (χ1v) is 9.53. The summed E-state index contributed by atoms with van der Waals surface area (Å²) in [6, 6.07) is 3.86. The van der Waals surface area contributed by atoms with Crippen molar-refractivity contribution in [3.8, 4) is 0 Å². The molecule has 0 radical (unpaired) electrons. The predicted molar refractivity (Wildman–Crippen MR) is 110 cm³/mol. The van der Waals surface area contributed by atoms with Crippen molar-refractivity contribution in [2.45, 2.75) is 32.1 Å². The number of amides is 1. The van der Waals surface area contributed by atoms with Crippen molar-refractivity contribution in [2.75, 3.05) is 44.2 Å². The van der Waals surface area contributed by atoms with Crippen molar-refractivity contribution < 1.29 is 4.79 Å². The summed E-state index contributed by atoms with van der Waals surface area (Å²) in [5.41, 5.74) is 0.796. The summed E-state index contributed by atoms with van der Waals surface area (Å²) < 4.78 is 0. The van der Waals surface area contributed by atoms with Crippen molar-refractivity contribution >= 4 is 36.5 Å². The van der Waals surface area contributed by atoms with Gasteiger partial charge in [-0.05, 0) is 69.2 Å². The monoisotopic (exact) mass is 400 g/mol. The van der Waals surface area contributed by atoms with Crippen molar-refractivity contribution in [3.05, 3.63) is 23.9 Å². The maximum Gasteiger partial charge on any atom is 0.257 e. The summed E-state index contributed by atoms with van der Waals surface area (Å²) in [6.45, 7) is 6.06. The molecule has 0 bridgehead atoms. The second-order valence-corrected chi connectivity index (χ2v) is 7.47. The SMILES string of the molecule is Cl.Cl.O=C(c1cccnc1N1CCCCC1)N1CC[C@@H]2CNC[C@@H]2CC1. The van der Waals surface area contributed by atoms with Crippen LogP contribution >= 0.6 is 24.8 Å². The van der Waals surface area contributed by atoms with Gasteiger partial charge >= 0.3 is 0 Å². The molecule has 1 aromatic rings. The van der Waals surface area contributed by atoms with Gasteiger partial charge in [0.2, 0.25) is 0 Å². The molecule has 1 amide bonds. The van der Waals surface area contributed by atoms with Crippen molar-refractivity contribution in [1.29, 1.82) is 0 Å². The number of nitrogens with one attached hydrogen (secondary N) is 1. The van der Waals surface area contributed by atoms with Crippen LogP contribution in [0.2, 0.25) is 0 Å². The Morgan fingerprint density at radius 1 is 1.00 bits per heavy atom. The minimum atomic E-state index is 0. The number of hydrogen-bond donors (Lipinski definition) is 1. The lowest BCUT2D eigenvalue weighted by Crippen LogP contribution is -2.36. The molecule has 26 heavy (non-hydrogen) atoms. The van der Waals surface area contributed by atoms with Gasteiger partial charge in [-0.2, -0.15) is 0 Å². The van der Waals surface area contributed by atoms with Crippen LogP contribution in [0.5, 0.6) is 0 Å². The molecule has 4 rings (SSSR count). The summed E-state index contributed by atoms with van der Waals surface area (Å²) in [4.78, 5) is 22.1. The number of rotatable bonds is 2. The van der Waals surface area contributed by atoms with Crippen LogP contribution in [-0.2, 0) is 0 Å². The van der Waals surface area contributed by atoms with Gasteiger partial charge in [-0.25, -0.2) is 4.98 Å². The van der Waals surface area contributed by atoms with Gasteiger partial charge in [0, 0.05) is 32.4 Å². The summed E-state index contributed by atoms with van der Waals surface area (Å²) in [5, 5.41) is 3.50. The summed E-state index contributed by atoms with van der Waals surface area (Å²) in [7, 11) is 0. The fraction of sp³-hybridized carbons (Fsp3) is 0.684. The van der Waals surface area contributed by atoms with E-state index in [4.69, 9.17) is 0 Å². The van der Waals surface area contributed by atoms with E-state index >= 15 is 0 Å². The lowest BCUT2D eigenvalue weighted by molar-refractivity contribution is 0.0758. The number of aromatic nitrogens is 1. The van der Waals surface area contributed by atoms with Crippen LogP contribution in [0.25, 0.3) is 0 Å². The number of nitrogens with zero attached hydrogens (tertiary/aromatic N) is 3. The number of halogens is 2. The van der Waals surface area contributed by atoms with Gasteiger partial charge in [-0.3, -0.25) is 4.79 Å². The largest absolute Gasteiger partial charge is 0.356 e. The number of hydrogen-bond acceptors (Lipinski definition) is 4. The molecule has 3 fully saturated rings. The van der Waals surface area contributed by atoms with Crippen LogP contribution in [0, 0.1) is 11.8 Å². The third-order valence-corrected chi connectivity index (χ3v) is 5.98. The van der Waals surface area contributed by atoms with Crippen LogP contribution in [-0.4, -0.2) is 55.1 Å². The number of carbonyl (C=O) groups is 1. The minimum absolute atomic E-state index is 0. The van der Waals surface area contributed by atoms with E-state index in [1.165, 1.54) is 19.3 Å². The quantitative estimate of drug-likeness (QED) is 0.828. The van der Waals surface area contributed by atoms with Gasteiger partial charge in [0.05, 0.1) is 5.56 Å². The van der Waals surface area contributed by atoms with Gasteiger partial charge in [-0.15, -0.1) is 24.8 Å². The zero-order chi connectivity index (χ0) is 16.4. The molecule has 0 spiro atoms. The Hall–Kier alpha value is -1.04. The zero-order valence-corrected chi connectivity index (χ0v) is 16.9. The topological polar surface area (TPSA) is 48.5 Å². The van der Waals surface area contributed by atoms with E-state index in [0.29, 0.717) is 0 Å². The third kappa shape index (κ3) is 4.44. The Kier molecular flexibility index (Phi) is 7.99. The maximum absolute atomic E-state index is 13.2. The Morgan fingerprint density at radius 3 is 2.31 bits per heavy atom. The zero-order valence-electron chi connectivity index (χ0n) is 15.2. The van der Waals surface area contributed by atoms with Crippen molar-refractivity contribution in [3.63, 3.8) is 0 Å². The molecule has 0 saturated carbocycles. The molecule has 0 aliphatic carbocycles. The molecule has 0 unspecified atom stereocenters. The van der Waals surface area contributed by atoms with Crippen molar-refractivity contribution in [1.82, 2.24) is 15.2 Å². The van der Waals surface area contributed by atoms with E-state index in [1.54, 1.807) is 0 Å². The van der Waals surface area contributed by atoms with Crippen LogP contribution in [0.1, 0.15) is 42.5 Å². The van der Waals surface area contributed by atoms with E-state index in [-0.39, 0.29) is 30.7 Å². The van der Waals surface area contributed by atoms with Crippen LogP contribution < -0.4 is 10.2 Å². The van der Waals surface area contributed by atoms with Gasteiger partial charge in [0.15, 0.2) is 0 Å². The highest BCUT2D eigenvalue weighted by atomic mass is 35.5. The lowest BCUT2D eigenvalue weighted by Gasteiger charge is -2.30. The molecule has 146 valence electrons. The minimum Gasteiger partial charge on any atom is -0.356 e. The highest BCUT2D eigenvalue weighted by molar-refractivity contribution is 5.99. The Balaban J connectivity index is 0.00000121. The van der Waals surface area contributed by atoms with E-state index in [2.05, 4.69) is 20.1 Å². The molecule has 7 heteroatoms. The Morgan fingerprint density at radius 2 is 1.65 bits per heavy atom. The number of anilines is 1. The van der Waals surface area contributed by atoms with E-state index in [1.807, 2.05) is 18.3 Å². The molecule has 4 heterocycles. The number of likely N-dealkylation sites (tertiary alicyclic amines) is 1. The second kappa shape index (κ2) is 9.77. The number of fused-ring (bicyclic) bond motifs is 1. The highest BCUT2D eigenvalue weighted by Crippen LogP contribution is 2.29. The molecular weight excluding hydrogens is 371 g/mol. The fourth-order valence-corrected chi connectivity index (χ4v) is 4.51. The first-order valence-electron chi connectivity index (χ1n) is 9.53. The number of carbonyl (C=O) groups excluding carboxylic acids is 1. The molecule has 2 atom stereocenters. The van der Waals surface area contributed by atoms with E-state index in [0.717, 1.165) is 75.3 Å². The van der Waals surface area contributed by atoms with E-state index < -0.39 is 0 Å². The summed E-state index contributed by atoms with van der Waals surface area (Å²) in [6.07, 6.45) is 7.76. The van der Waals surface area contributed by atoms with Gasteiger partial charge < -0.3 is 15.1 Å². The van der Waals surface area contributed by atoms with Crippen LogP contribution in [0.15, 0.2) is 18.3 Å². The molecule has 3 aliphatic rings. The van der Waals surface area contributed by atoms with Gasteiger partial charge in [0.25, 0.3) is 5.91 Å². The van der Waals surface area contributed by atoms with Gasteiger partial charge in [-0.1, -0.05) is 0 Å². The van der Waals surface area contributed by atoms with Crippen LogP contribution in [0.3, 0.4) is 0 Å².